The van der Waals surface area contributed by atoms with Crippen molar-refractivity contribution in [3.8, 4) is 0 Å². The third-order valence-corrected chi connectivity index (χ3v) is 8.09. The number of β-lactam (4-membered cyclic amide) rings is 1. The SMILES string of the molecule is Cc1nnc(SCC2=C(C(=O)O)N3C(=O)[C@@H](NC(=O)c4nn(C)cc4Cl)[C@H]3SC2)s1. The van der Waals surface area contributed by atoms with Crippen LogP contribution in [0.15, 0.2) is 21.8 Å². The minimum atomic E-state index is -1.17. The summed E-state index contributed by atoms with van der Waals surface area (Å²) in [5.41, 5.74) is 0.621. The molecule has 1 saturated heterocycles. The molecule has 0 radical (unpaired) electrons. The van der Waals surface area contributed by atoms with Gasteiger partial charge in [-0.05, 0) is 12.5 Å². The van der Waals surface area contributed by atoms with Crippen LogP contribution < -0.4 is 5.32 Å². The first-order chi connectivity index (χ1) is 14.3. The van der Waals surface area contributed by atoms with Gasteiger partial charge < -0.3 is 10.4 Å². The molecule has 10 nitrogen and oxygen atoms in total. The summed E-state index contributed by atoms with van der Waals surface area (Å²) in [6.07, 6.45) is 1.48. The number of hydrogen-bond acceptors (Lipinski definition) is 9. The lowest BCUT2D eigenvalue weighted by Crippen LogP contribution is -2.70. The van der Waals surface area contributed by atoms with E-state index in [4.69, 9.17) is 11.6 Å². The zero-order valence-corrected chi connectivity index (χ0v) is 18.9. The number of carbonyl (C=O) groups is 3. The first-order valence-electron chi connectivity index (χ1n) is 8.59. The number of aryl methyl sites for hydroxylation is 2. The van der Waals surface area contributed by atoms with Crippen LogP contribution >= 0.6 is 46.5 Å². The number of nitrogens with zero attached hydrogens (tertiary/aromatic N) is 5. The summed E-state index contributed by atoms with van der Waals surface area (Å²) in [7, 11) is 1.63. The van der Waals surface area contributed by atoms with Crippen LogP contribution in [0.1, 0.15) is 15.5 Å². The van der Waals surface area contributed by atoms with Crippen LogP contribution in [0, 0.1) is 6.92 Å². The van der Waals surface area contributed by atoms with Crippen molar-refractivity contribution in [1.82, 2.24) is 30.2 Å². The van der Waals surface area contributed by atoms with Crippen molar-refractivity contribution in [2.45, 2.75) is 22.7 Å². The second-order valence-corrected chi connectivity index (χ2v) is 10.4. The molecular weight excluding hydrogens is 472 g/mol. The van der Waals surface area contributed by atoms with Crippen molar-refractivity contribution in [3.63, 3.8) is 0 Å². The van der Waals surface area contributed by atoms with E-state index in [1.807, 2.05) is 6.92 Å². The molecule has 2 atom stereocenters. The lowest BCUT2D eigenvalue weighted by atomic mass is 10.0. The molecule has 0 aliphatic carbocycles. The largest absolute Gasteiger partial charge is 0.477 e. The van der Waals surface area contributed by atoms with E-state index in [2.05, 4.69) is 20.6 Å². The van der Waals surface area contributed by atoms with E-state index in [1.54, 1.807) is 7.05 Å². The van der Waals surface area contributed by atoms with E-state index < -0.39 is 29.2 Å². The Morgan fingerprint density at radius 1 is 1.43 bits per heavy atom. The van der Waals surface area contributed by atoms with Crippen LogP contribution in [0.3, 0.4) is 0 Å². The number of carboxylic acid groups (broad SMARTS) is 1. The highest BCUT2D eigenvalue weighted by atomic mass is 35.5. The van der Waals surface area contributed by atoms with E-state index in [-0.39, 0.29) is 16.4 Å². The third-order valence-electron chi connectivity index (χ3n) is 4.41. The summed E-state index contributed by atoms with van der Waals surface area (Å²) >= 11 is 10.2. The van der Waals surface area contributed by atoms with Gasteiger partial charge in [-0.1, -0.05) is 34.7 Å². The zero-order chi connectivity index (χ0) is 21.6. The molecule has 2 N–H and O–H groups in total. The molecule has 2 aromatic heterocycles. The van der Waals surface area contributed by atoms with Crippen molar-refractivity contribution in [1.29, 1.82) is 0 Å². The van der Waals surface area contributed by atoms with E-state index in [1.165, 1.54) is 50.6 Å². The Morgan fingerprint density at radius 2 is 2.20 bits per heavy atom. The number of fused-ring (bicyclic) bond motifs is 1. The molecule has 0 aromatic carbocycles. The molecule has 0 saturated carbocycles. The molecule has 1 fully saturated rings. The summed E-state index contributed by atoms with van der Waals surface area (Å²) in [4.78, 5) is 38.3. The van der Waals surface area contributed by atoms with Crippen molar-refractivity contribution in [2.75, 3.05) is 11.5 Å². The maximum atomic E-state index is 12.7. The third kappa shape index (κ3) is 3.82. The molecule has 0 bridgehead atoms. The molecular formula is C16H15ClN6O4S3. The number of halogens is 1. The summed E-state index contributed by atoms with van der Waals surface area (Å²) in [6, 6.07) is -0.838. The topological polar surface area (TPSA) is 130 Å². The molecule has 158 valence electrons. The fourth-order valence-corrected chi connectivity index (χ4v) is 6.67. The summed E-state index contributed by atoms with van der Waals surface area (Å²) in [6.45, 7) is 1.84. The van der Waals surface area contributed by atoms with Crippen molar-refractivity contribution in [3.05, 3.63) is 33.2 Å². The average Bonchev–Trinajstić information content (AvgIpc) is 3.27. The number of carbonyl (C=O) groups excluding carboxylic acids is 2. The molecule has 2 aliphatic rings. The van der Waals surface area contributed by atoms with Crippen LogP contribution in [0.4, 0.5) is 0 Å². The van der Waals surface area contributed by atoms with E-state index in [0.29, 0.717) is 17.1 Å². The van der Waals surface area contributed by atoms with Crippen LogP contribution in [0.25, 0.3) is 0 Å². The highest BCUT2D eigenvalue weighted by Crippen LogP contribution is 2.41. The Hall–Kier alpha value is -2.09. The molecule has 0 spiro atoms. The van der Waals surface area contributed by atoms with Crippen LogP contribution in [-0.4, -0.2) is 70.7 Å². The number of aliphatic carboxylic acids is 1. The van der Waals surface area contributed by atoms with Gasteiger partial charge in [0.25, 0.3) is 11.8 Å². The molecule has 2 amide bonds. The lowest BCUT2D eigenvalue weighted by Gasteiger charge is -2.49. The van der Waals surface area contributed by atoms with Gasteiger partial charge in [0, 0.05) is 24.8 Å². The second kappa shape index (κ2) is 8.21. The Labute approximate surface area is 188 Å². The number of hydrogen-bond donors (Lipinski definition) is 2. The first-order valence-corrected chi connectivity index (χ1v) is 11.8. The van der Waals surface area contributed by atoms with Gasteiger partial charge in [0.05, 0.1) is 5.02 Å². The van der Waals surface area contributed by atoms with Gasteiger partial charge in [-0.15, -0.1) is 22.0 Å². The molecule has 2 aliphatic heterocycles. The number of nitrogens with one attached hydrogen (secondary N) is 1. The fraction of sp³-hybridized carbons (Fsp3) is 0.375. The second-order valence-electron chi connectivity index (χ2n) is 6.49. The minimum Gasteiger partial charge on any atom is -0.477 e. The number of aromatic nitrogens is 4. The number of carboxylic acids is 1. The maximum Gasteiger partial charge on any atom is 0.352 e. The summed E-state index contributed by atoms with van der Waals surface area (Å²) in [5.74, 6) is -1.40. The highest BCUT2D eigenvalue weighted by Gasteiger charge is 2.54. The Bertz CT molecular complexity index is 1080. The Balaban J connectivity index is 1.49. The molecule has 30 heavy (non-hydrogen) atoms. The smallest absolute Gasteiger partial charge is 0.352 e. The lowest BCUT2D eigenvalue weighted by molar-refractivity contribution is -0.148. The van der Waals surface area contributed by atoms with Gasteiger partial charge in [0.1, 0.15) is 22.1 Å². The van der Waals surface area contributed by atoms with Crippen molar-refractivity contribution >= 4 is 64.2 Å². The van der Waals surface area contributed by atoms with Crippen LogP contribution in [0.2, 0.25) is 5.02 Å². The minimum absolute atomic E-state index is 0.0182. The quantitative estimate of drug-likeness (QED) is 0.459. The number of amides is 2. The van der Waals surface area contributed by atoms with E-state index in [9.17, 15) is 19.5 Å². The molecule has 14 heteroatoms. The highest BCUT2D eigenvalue weighted by molar-refractivity contribution is 8.01. The summed E-state index contributed by atoms with van der Waals surface area (Å²) < 4.78 is 2.14. The molecule has 4 heterocycles. The predicted molar refractivity (Wildman–Crippen MR) is 113 cm³/mol. The average molecular weight is 487 g/mol. The molecule has 0 unspecified atom stereocenters. The number of rotatable bonds is 6. The first kappa shape index (κ1) is 21.2. The van der Waals surface area contributed by atoms with Gasteiger partial charge in [0.15, 0.2) is 10.0 Å². The van der Waals surface area contributed by atoms with Crippen molar-refractivity contribution in [2.24, 2.45) is 7.05 Å². The van der Waals surface area contributed by atoms with E-state index in [0.717, 1.165) is 9.35 Å². The number of thioether (sulfide) groups is 2. The van der Waals surface area contributed by atoms with Crippen LogP contribution in [-0.2, 0) is 16.6 Å². The Kier molecular flexibility index (Phi) is 5.79. The normalized spacial score (nSPS) is 20.8. The van der Waals surface area contributed by atoms with Crippen LogP contribution in [0.5, 0.6) is 0 Å². The predicted octanol–water partition coefficient (Wildman–Crippen LogP) is 1.38. The fourth-order valence-electron chi connectivity index (χ4n) is 3.10. The maximum absolute atomic E-state index is 12.7. The van der Waals surface area contributed by atoms with Gasteiger partial charge >= 0.3 is 5.97 Å². The molecule has 2 aromatic rings. The van der Waals surface area contributed by atoms with Gasteiger partial charge in [-0.2, -0.15) is 5.10 Å². The summed E-state index contributed by atoms with van der Waals surface area (Å²) in [5, 5.41) is 24.8. The van der Waals surface area contributed by atoms with Crippen molar-refractivity contribution < 1.29 is 19.5 Å². The van der Waals surface area contributed by atoms with Gasteiger partial charge in [0.2, 0.25) is 0 Å². The Morgan fingerprint density at radius 3 is 2.80 bits per heavy atom. The van der Waals surface area contributed by atoms with Gasteiger partial charge in [-0.3, -0.25) is 19.2 Å². The molecule has 4 rings (SSSR count). The van der Waals surface area contributed by atoms with Gasteiger partial charge in [-0.25, -0.2) is 4.79 Å². The zero-order valence-electron chi connectivity index (χ0n) is 15.7. The monoisotopic (exact) mass is 486 g/mol. The van der Waals surface area contributed by atoms with E-state index >= 15 is 0 Å². The standard InChI is InChI=1S/C16H15ClN6O4S3/c1-6-19-20-16(30-6)29-5-7-4-28-14-10(13(25)23(14)11(7)15(26)27)18-12(24)9-8(17)3-22(2)21-9/h3,10,14H,4-5H2,1-2H3,(H,18,24)(H,26,27)/t10-,14-/m1/s1.